The summed E-state index contributed by atoms with van der Waals surface area (Å²) in [5.74, 6) is -0.0201. The number of amides is 1. The lowest BCUT2D eigenvalue weighted by atomic mass is 10.1. The summed E-state index contributed by atoms with van der Waals surface area (Å²) in [6.07, 6.45) is 1.96. The van der Waals surface area contributed by atoms with Crippen LogP contribution in [0.3, 0.4) is 0 Å². The summed E-state index contributed by atoms with van der Waals surface area (Å²) in [6.45, 7) is 1.83. The highest BCUT2D eigenvalue weighted by molar-refractivity contribution is 6.32. The Morgan fingerprint density at radius 2 is 2.16 bits per heavy atom. The number of nitrogens with one attached hydrogen (secondary N) is 2. The highest BCUT2D eigenvalue weighted by atomic mass is 35.5. The second kappa shape index (κ2) is 7.00. The van der Waals surface area contributed by atoms with Gasteiger partial charge >= 0.3 is 0 Å². The molecule has 1 fully saturated rings. The highest BCUT2D eigenvalue weighted by Gasteiger charge is 2.15. The molecular weight excluding hydrogens is 291 g/mol. The van der Waals surface area contributed by atoms with Crippen molar-refractivity contribution >= 4 is 34.9 Å². The fraction of sp³-hybridized carbons (Fsp3) is 0.545. The number of hydrogen-bond donors (Lipinski definition) is 2. The minimum Gasteiger partial charge on any atom is -0.368 e. The number of carbonyl (C=O) groups excluding carboxylic acids is 1. The van der Waals surface area contributed by atoms with Crippen molar-refractivity contribution in [1.29, 1.82) is 0 Å². The monoisotopic (exact) mass is 304 g/mol. The van der Waals surface area contributed by atoms with Crippen LogP contribution in [-0.2, 0) is 9.53 Å². The van der Waals surface area contributed by atoms with Gasteiger partial charge in [-0.2, -0.15) is 0 Å². The Balaban J connectivity index is 1.80. The van der Waals surface area contributed by atoms with Crippen LogP contribution in [0.1, 0.15) is 12.8 Å². The zero-order chi connectivity index (χ0) is 13.7. The molecule has 0 radical (unpaired) electrons. The van der Waals surface area contributed by atoms with Gasteiger partial charge in [-0.15, -0.1) is 0 Å². The number of hydrogen-bond acceptors (Lipinski definition) is 5. The first-order valence-electron chi connectivity index (χ1n) is 5.96. The average Bonchev–Trinajstić information content (AvgIpc) is 2.36. The van der Waals surface area contributed by atoms with E-state index in [4.69, 9.17) is 27.9 Å². The molecule has 0 atom stereocenters. The van der Waals surface area contributed by atoms with E-state index in [0.29, 0.717) is 0 Å². The van der Waals surface area contributed by atoms with E-state index in [9.17, 15) is 4.79 Å². The first-order chi connectivity index (χ1) is 9.13. The van der Waals surface area contributed by atoms with Crippen molar-refractivity contribution in [3.8, 4) is 0 Å². The van der Waals surface area contributed by atoms with Crippen molar-refractivity contribution < 1.29 is 9.53 Å². The Kier molecular flexibility index (Phi) is 5.33. The topological polar surface area (TPSA) is 76.1 Å². The maximum absolute atomic E-state index is 11.7. The van der Waals surface area contributed by atoms with Gasteiger partial charge in [0.2, 0.25) is 5.28 Å². The molecule has 2 heterocycles. The van der Waals surface area contributed by atoms with Crippen LogP contribution in [0.2, 0.25) is 10.4 Å². The van der Waals surface area contributed by atoms with E-state index in [2.05, 4.69) is 20.6 Å². The van der Waals surface area contributed by atoms with E-state index in [1.807, 2.05) is 0 Å². The van der Waals surface area contributed by atoms with Gasteiger partial charge in [-0.1, -0.05) is 11.6 Å². The van der Waals surface area contributed by atoms with Gasteiger partial charge in [0.05, 0.1) is 6.10 Å². The molecule has 1 aliphatic rings. The van der Waals surface area contributed by atoms with E-state index in [1.165, 1.54) is 6.07 Å². The third kappa shape index (κ3) is 4.91. The first kappa shape index (κ1) is 14.5. The van der Waals surface area contributed by atoms with E-state index in [0.717, 1.165) is 25.9 Å². The number of aromatic nitrogens is 2. The minimum absolute atomic E-state index is 0.0100. The SMILES string of the molecule is O=C(COC1CCNCC1)Nc1cc(Cl)nc(Cl)n1. The molecule has 1 amide bonds. The van der Waals surface area contributed by atoms with Crippen molar-refractivity contribution in [2.75, 3.05) is 25.0 Å². The van der Waals surface area contributed by atoms with Crippen LogP contribution >= 0.6 is 23.2 Å². The van der Waals surface area contributed by atoms with Crippen molar-refractivity contribution in [3.05, 3.63) is 16.5 Å². The van der Waals surface area contributed by atoms with Gasteiger partial charge in [-0.05, 0) is 37.5 Å². The fourth-order valence-corrected chi connectivity index (χ4v) is 2.20. The van der Waals surface area contributed by atoms with Crippen molar-refractivity contribution in [2.24, 2.45) is 0 Å². The third-order valence-corrected chi connectivity index (χ3v) is 3.03. The van der Waals surface area contributed by atoms with E-state index in [-0.39, 0.29) is 34.9 Å². The number of halogens is 2. The van der Waals surface area contributed by atoms with Crippen LogP contribution in [0.5, 0.6) is 0 Å². The van der Waals surface area contributed by atoms with Gasteiger partial charge in [0, 0.05) is 6.07 Å². The van der Waals surface area contributed by atoms with Gasteiger partial charge in [-0.3, -0.25) is 4.79 Å². The lowest BCUT2D eigenvalue weighted by Gasteiger charge is -2.22. The summed E-state index contributed by atoms with van der Waals surface area (Å²) in [6, 6.07) is 1.43. The predicted octanol–water partition coefficient (Wildman–Crippen LogP) is 1.49. The van der Waals surface area contributed by atoms with Crippen LogP contribution in [0, 0.1) is 0 Å². The molecular formula is C11H14Cl2N4O2. The maximum Gasteiger partial charge on any atom is 0.251 e. The van der Waals surface area contributed by atoms with E-state index in [1.54, 1.807) is 0 Å². The molecule has 6 nitrogen and oxygen atoms in total. The highest BCUT2D eigenvalue weighted by Crippen LogP contribution is 2.14. The van der Waals surface area contributed by atoms with Gasteiger partial charge in [0.1, 0.15) is 17.6 Å². The van der Waals surface area contributed by atoms with Gasteiger partial charge < -0.3 is 15.4 Å². The van der Waals surface area contributed by atoms with Crippen LogP contribution in [0.15, 0.2) is 6.07 Å². The average molecular weight is 305 g/mol. The molecule has 0 spiro atoms. The minimum atomic E-state index is -0.288. The number of ether oxygens (including phenoxy) is 1. The van der Waals surface area contributed by atoms with Gasteiger partial charge in [0.25, 0.3) is 5.91 Å². The summed E-state index contributed by atoms with van der Waals surface area (Å²) < 4.78 is 5.52. The van der Waals surface area contributed by atoms with E-state index >= 15 is 0 Å². The van der Waals surface area contributed by atoms with Crippen molar-refractivity contribution in [2.45, 2.75) is 18.9 Å². The Morgan fingerprint density at radius 3 is 2.84 bits per heavy atom. The van der Waals surface area contributed by atoms with Crippen LogP contribution in [-0.4, -0.2) is 41.7 Å². The number of anilines is 1. The zero-order valence-corrected chi connectivity index (χ0v) is 11.7. The fourth-order valence-electron chi connectivity index (χ4n) is 1.79. The standard InChI is InChI=1S/C11H14Cl2N4O2/c12-8-5-9(17-11(13)15-8)16-10(18)6-19-7-1-3-14-4-2-7/h5,7,14H,1-4,6H2,(H,15,16,17,18). The molecule has 1 aromatic rings. The summed E-state index contributed by atoms with van der Waals surface area (Å²) in [7, 11) is 0. The Hall–Kier alpha value is -0.950. The third-order valence-electron chi connectivity index (χ3n) is 2.67. The molecule has 19 heavy (non-hydrogen) atoms. The number of piperidine rings is 1. The van der Waals surface area contributed by atoms with Gasteiger partial charge in [0.15, 0.2) is 0 Å². The second-order valence-corrected chi connectivity index (χ2v) is 4.88. The predicted molar refractivity (Wildman–Crippen MR) is 72.5 cm³/mol. The molecule has 1 aliphatic heterocycles. The Morgan fingerprint density at radius 1 is 1.42 bits per heavy atom. The molecule has 2 rings (SSSR count). The molecule has 0 aromatic carbocycles. The molecule has 0 saturated carbocycles. The molecule has 104 valence electrons. The molecule has 8 heteroatoms. The smallest absolute Gasteiger partial charge is 0.251 e. The molecule has 0 bridgehead atoms. The zero-order valence-electron chi connectivity index (χ0n) is 10.2. The van der Waals surface area contributed by atoms with Gasteiger partial charge in [-0.25, -0.2) is 9.97 Å². The molecule has 1 saturated heterocycles. The summed E-state index contributed by atoms with van der Waals surface area (Å²) in [5, 5.41) is 5.95. The van der Waals surface area contributed by atoms with E-state index < -0.39 is 0 Å². The number of rotatable bonds is 4. The Bertz CT molecular complexity index is 432. The Labute approximate surface area is 120 Å². The van der Waals surface area contributed by atoms with Crippen LogP contribution in [0.4, 0.5) is 5.82 Å². The normalized spacial score (nSPS) is 16.3. The summed E-state index contributed by atoms with van der Waals surface area (Å²) in [5.41, 5.74) is 0. The number of nitrogens with zero attached hydrogens (tertiary/aromatic N) is 2. The first-order valence-corrected chi connectivity index (χ1v) is 6.71. The largest absolute Gasteiger partial charge is 0.368 e. The lowest BCUT2D eigenvalue weighted by molar-refractivity contribution is -0.123. The second-order valence-electron chi connectivity index (χ2n) is 4.15. The van der Waals surface area contributed by atoms with Crippen LogP contribution in [0.25, 0.3) is 0 Å². The van der Waals surface area contributed by atoms with Crippen LogP contribution < -0.4 is 10.6 Å². The lowest BCUT2D eigenvalue weighted by Crippen LogP contribution is -2.34. The molecule has 0 unspecified atom stereocenters. The summed E-state index contributed by atoms with van der Waals surface area (Å²) in [4.78, 5) is 19.2. The molecule has 1 aromatic heterocycles. The number of carbonyl (C=O) groups is 1. The summed E-state index contributed by atoms with van der Waals surface area (Å²) >= 11 is 11.3. The molecule has 0 aliphatic carbocycles. The van der Waals surface area contributed by atoms with Crippen molar-refractivity contribution in [1.82, 2.24) is 15.3 Å². The van der Waals surface area contributed by atoms with Crippen molar-refractivity contribution in [3.63, 3.8) is 0 Å². The quantitative estimate of drug-likeness (QED) is 0.651. The maximum atomic E-state index is 11.7. The molecule has 2 N–H and O–H groups in total.